The Hall–Kier alpha value is -1.48. The molecule has 16 heavy (non-hydrogen) atoms. The molecule has 2 nitrogen and oxygen atoms in total. The van der Waals surface area contributed by atoms with E-state index in [9.17, 15) is 0 Å². The van der Waals surface area contributed by atoms with Gasteiger partial charge in [-0.15, -0.1) is 11.3 Å². The SMILES string of the molecule is c1ccc(CCc2scc3c2OCO3)cc1. The number of hydrogen-bond acceptors (Lipinski definition) is 3. The van der Waals surface area contributed by atoms with Crippen LogP contribution in [0.2, 0.25) is 0 Å². The van der Waals surface area contributed by atoms with E-state index in [-0.39, 0.29) is 0 Å². The number of hydrogen-bond donors (Lipinski definition) is 0. The summed E-state index contributed by atoms with van der Waals surface area (Å²) in [5.41, 5.74) is 1.36. The molecule has 0 aliphatic carbocycles. The number of benzene rings is 1. The fraction of sp³-hybridized carbons (Fsp3) is 0.231. The van der Waals surface area contributed by atoms with Crippen molar-refractivity contribution in [1.82, 2.24) is 0 Å². The van der Waals surface area contributed by atoms with Crippen molar-refractivity contribution >= 4 is 11.3 Å². The van der Waals surface area contributed by atoms with Crippen molar-refractivity contribution in [3.05, 3.63) is 46.2 Å². The van der Waals surface area contributed by atoms with Crippen molar-refractivity contribution in [3.8, 4) is 11.5 Å². The standard InChI is InChI=1S/C13H12O2S/c1-2-4-10(5-3-1)6-7-12-13-11(8-16-12)14-9-15-13/h1-5,8H,6-7,9H2. The van der Waals surface area contributed by atoms with E-state index in [1.807, 2.05) is 11.4 Å². The summed E-state index contributed by atoms with van der Waals surface area (Å²) >= 11 is 1.72. The largest absolute Gasteiger partial charge is 0.453 e. The van der Waals surface area contributed by atoms with E-state index in [1.54, 1.807) is 11.3 Å². The highest BCUT2D eigenvalue weighted by molar-refractivity contribution is 7.10. The Balaban J connectivity index is 1.71. The summed E-state index contributed by atoms with van der Waals surface area (Å²) in [4.78, 5) is 1.29. The molecule has 0 amide bonds. The van der Waals surface area contributed by atoms with Crippen molar-refractivity contribution < 1.29 is 9.47 Å². The van der Waals surface area contributed by atoms with Gasteiger partial charge in [0.05, 0.1) is 4.88 Å². The van der Waals surface area contributed by atoms with E-state index < -0.39 is 0 Å². The van der Waals surface area contributed by atoms with Crippen LogP contribution in [0.4, 0.5) is 0 Å². The van der Waals surface area contributed by atoms with Gasteiger partial charge in [0.15, 0.2) is 11.5 Å². The predicted octanol–water partition coefficient (Wildman–Crippen LogP) is 3.26. The zero-order valence-electron chi connectivity index (χ0n) is 8.81. The van der Waals surface area contributed by atoms with E-state index in [4.69, 9.17) is 9.47 Å². The lowest BCUT2D eigenvalue weighted by molar-refractivity contribution is 0.173. The van der Waals surface area contributed by atoms with E-state index >= 15 is 0 Å². The van der Waals surface area contributed by atoms with Gasteiger partial charge in [0.2, 0.25) is 6.79 Å². The van der Waals surface area contributed by atoms with E-state index in [2.05, 4.69) is 24.3 Å². The van der Waals surface area contributed by atoms with Crippen molar-refractivity contribution in [1.29, 1.82) is 0 Å². The van der Waals surface area contributed by atoms with Crippen LogP contribution in [0.15, 0.2) is 35.7 Å². The molecule has 0 fully saturated rings. The molecule has 1 aliphatic rings. The molecule has 82 valence electrons. The molecule has 1 aliphatic heterocycles. The molecule has 0 bridgehead atoms. The second-order valence-corrected chi connectivity index (χ2v) is 4.71. The van der Waals surface area contributed by atoms with Gasteiger partial charge in [-0.2, -0.15) is 0 Å². The lowest BCUT2D eigenvalue weighted by Crippen LogP contribution is -1.96. The smallest absolute Gasteiger partial charge is 0.231 e. The fourth-order valence-corrected chi connectivity index (χ4v) is 2.76. The minimum Gasteiger partial charge on any atom is -0.453 e. The van der Waals surface area contributed by atoms with Crippen LogP contribution in [-0.2, 0) is 12.8 Å². The Morgan fingerprint density at radius 3 is 2.81 bits per heavy atom. The zero-order chi connectivity index (χ0) is 10.8. The van der Waals surface area contributed by atoms with Crippen LogP contribution in [0.25, 0.3) is 0 Å². The minimum atomic E-state index is 0.372. The number of fused-ring (bicyclic) bond motifs is 1. The first-order chi connectivity index (χ1) is 7.93. The van der Waals surface area contributed by atoms with Gasteiger partial charge in [-0.05, 0) is 18.4 Å². The second-order valence-electron chi connectivity index (χ2n) is 3.74. The van der Waals surface area contributed by atoms with E-state index in [0.29, 0.717) is 6.79 Å². The molecule has 0 atom stereocenters. The van der Waals surface area contributed by atoms with Gasteiger partial charge >= 0.3 is 0 Å². The maximum Gasteiger partial charge on any atom is 0.231 e. The summed E-state index contributed by atoms with van der Waals surface area (Å²) < 4.78 is 10.8. The van der Waals surface area contributed by atoms with Crippen molar-refractivity contribution in [3.63, 3.8) is 0 Å². The van der Waals surface area contributed by atoms with Crippen LogP contribution in [0.1, 0.15) is 10.4 Å². The summed E-state index contributed by atoms with van der Waals surface area (Å²) in [6, 6.07) is 10.5. The monoisotopic (exact) mass is 232 g/mol. The second kappa shape index (κ2) is 4.18. The molecule has 0 saturated carbocycles. The number of thiophene rings is 1. The Labute approximate surface area is 98.4 Å². The van der Waals surface area contributed by atoms with Gasteiger partial charge in [-0.25, -0.2) is 0 Å². The van der Waals surface area contributed by atoms with Gasteiger partial charge < -0.3 is 9.47 Å². The molecular formula is C13H12O2S. The van der Waals surface area contributed by atoms with Crippen molar-refractivity contribution in [2.24, 2.45) is 0 Å². The third kappa shape index (κ3) is 1.78. The van der Waals surface area contributed by atoms with Crippen molar-refractivity contribution in [2.45, 2.75) is 12.8 Å². The summed E-state index contributed by atoms with van der Waals surface area (Å²) in [7, 11) is 0. The average Bonchev–Trinajstić information content (AvgIpc) is 2.90. The third-order valence-electron chi connectivity index (χ3n) is 2.69. The molecule has 3 rings (SSSR count). The number of aryl methyl sites for hydroxylation is 2. The first kappa shape index (κ1) is 9.73. The van der Waals surface area contributed by atoms with Gasteiger partial charge in [-0.3, -0.25) is 0 Å². The lowest BCUT2D eigenvalue weighted by Gasteiger charge is -2.01. The first-order valence-electron chi connectivity index (χ1n) is 5.33. The van der Waals surface area contributed by atoms with Crippen LogP contribution >= 0.6 is 11.3 Å². The Kier molecular flexibility index (Phi) is 2.54. The topological polar surface area (TPSA) is 18.5 Å². The first-order valence-corrected chi connectivity index (χ1v) is 6.21. The van der Waals surface area contributed by atoms with Crippen LogP contribution < -0.4 is 9.47 Å². The number of rotatable bonds is 3. The molecule has 2 aromatic rings. The van der Waals surface area contributed by atoms with Crippen molar-refractivity contribution in [2.75, 3.05) is 6.79 Å². The Morgan fingerprint density at radius 1 is 1.06 bits per heavy atom. The molecule has 0 unspecified atom stereocenters. The lowest BCUT2D eigenvalue weighted by atomic mass is 10.1. The Bertz CT molecular complexity index is 476. The van der Waals surface area contributed by atoms with Crippen LogP contribution in [-0.4, -0.2) is 6.79 Å². The minimum absolute atomic E-state index is 0.372. The van der Waals surface area contributed by atoms with Gasteiger partial charge in [-0.1, -0.05) is 30.3 Å². The highest BCUT2D eigenvalue weighted by Crippen LogP contribution is 2.41. The van der Waals surface area contributed by atoms with Crippen LogP contribution in [0, 0.1) is 0 Å². The van der Waals surface area contributed by atoms with E-state index in [0.717, 1.165) is 24.3 Å². The predicted molar refractivity (Wildman–Crippen MR) is 64.3 cm³/mol. The molecule has 3 heteroatoms. The van der Waals surface area contributed by atoms with Crippen LogP contribution in [0.5, 0.6) is 11.5 Å². The summed E-state index contributed by atoms with van der Waals surface area (Å²) in [6.45, 7) is 0.372. The average molecular weight is 232 g/mol. The van der Waals surface area contributed by atoms with E-state index in [1.165, 1.54) is 10.4 Å². The highest BCUT2D eigenvalue weighted by atomic mass is 32.1. The maximum atomic E-state index is 5.45. The molecule has 0 radical (unpaired) electrons. The molecule has 0 saturated heterocycles. The molecule has 0 N–H and O–H groups in total. The molecule has 1 aromatic carbocycles. The third-order valence-corrected chi connectivity index (χ3v) is 3.69. The number of ether oxygens (including phenoxy) is 2. The summed E-state index contributed by atoms with van der Waals surface area (Å²) in [5.74, 6) is 1.87. The molecule has 1 aromatic heterocycles. The fourth-order valence-electron chi connectivity index (χ4n) is 1.85. The van der Waals surface area contributed by atoms with Gasteiger partial charge in [0, 0.05) is 5.38 Å². The highest BCUT2D eigenvalue weighted by Gasteiger charge is 2.19. The quantitative estimate of drug-likeness (QED) is 0.808. The maximum absolute atomic E-state index is 5.45. The summed E-state index contributed by atoms with van der Waals surface area (Å²) in [5, 5.41) is 2.03. The normalized spacial score (nSPS) is 13.0. The Morgan fingerprint density at radius 2 is 1.94 bits per heavy atom. The molecule has 2 heterocycles. The molecule has 0 spiro atoms. The molecular weight excluding hydrogens is 220 g/mol. The van der Waals surface area contributed by atoms with Gasteiger partial charge in [0.25, 0.3) is 0 Å². The van der Waals surface area contributed by atoms with Gasteiger partial charge in [0.1, 0.15) is 0 Å². The zero-order valence-corrected chi connectivity index (χ0v) is 9.63. The summed E-state index contributed by atoms with van der Waals surface area (Å²) in [6.07, 6.45) is 2.07. The van der Waals surface area contributed by atoms with Crippen LogP contribution in [0.3, 0.4) is 0 Å².